The van der Waals surface area contributed by atoms with Gasteiger partial charge in [0.1, 0.15) is 0 Å². The first-order valence-corrected chi connectivity index (χ1v) is 10.3. The summed E-state index contributed by atoms with van der Waals surface area (Å²) in [5.74, 6) is 2.38. The zero-order valence-corrected chi connectivity index (χ0v) is 16.5. The molecule has 2 saturated heterocycles. The molecular weight excluding hydrogens is 396 g/mol. The molecule has 3 rings (SSSR count). The van der Waals surface area contributed by atoms with E-state index in [9.17, 15) is 14.9 Å². The fourth-order valence-electron chi connectivity index (χ4n) is 3.00. The van der Waals surface area contributed by atoms with Crippen LogP contribution in [0, 0.1) is 10.1 Å². The Balaban J connectivity index is 1.81. The van der Waals surface area contributed by atoms with E-state index >= 15 is 0 Å². The van der Waals surface area contributed by atoms with Crippen LogP contribution in [0.2, 0.25) is 5.15 Å². The van der Waals surface area contributed by atoms with E-state index in [4.69, 9.17) is 16.3 Å². The topological polar surface area (TPSA) is 105 Å². The Morgan fingerprint density at radius 3 is 2.44 bits per heavy atom. The third-order valence-electron chi connectivity index (χ3n) is 4.39. The molecule has 0 aromatic carbocycles. The minimum Gasteiger partial charge on any atom is -0.450 e. The molecule has 0 aliphatic carbocycles. The van der Waals surface area contributed by atoms with Gasteiger partial charge >= 0.3 is 11.8 Å². The minimum absolute atomic E-state index is 0.161. The van der Waals surface area contributed by atoms with Gasteiger partial charge in [0, 0.05) is 50.8 Å². The average Bonchev–Trinajstić information content (AvgIpc) is 2.68. The van der Waals surface area contributed by atoms with Crippen LogP contribution in [0.3, 0.4) is 0 Å². The third kappa shape index (κ3) is 4.46. The van der Waals surface area contributed by atoms with E-state index in [1.807, 2.05) is 9.80 Å². The quantitative estimate of drug-likeness (QED) is 0.413. The summed E-state index contributed by atoms with van der Waals surface area (Å²) in [6, 6.07) is 0. The summed E-state index contributed by atoms with van der Waals surface area (Å²) in [7, 11) is 0. The van der Waals surface area contributed by atoms with Gasteiger partial charge < -0.3 is 19.4 Å². The predicted octanol–water partition coefficient (Wildman–Crippen LogP) is 1.87. The maximum Gasteiger partial charge on any atom is 0.409 e. The molecule has 0 N–H and O–H groups in total. The first-order valence-electron chi connectivity index (χ1n) is 8.72. The van der Waals surface area contributed by atoms with E-state index in [-0.39, 0.29) is 22.8 Å². The summed E-state index contributed by atoms with van der Waals surface area (Å²) >= 11 is 7.96. The SMILES string of the molecule is CCOC(=O)N1CCN(c2nc(Cl)c([N+](=O)[O-])c(N3CCSCC3)n2)CC1. The van der Waals surface area contributed by atoms with Crippen molar-refractivity contribution in [1.82, 2.24) is 14.9 Å². The smallest absolute Gasteiger partial charge is 0.409 e. The third-order valence-corrected chi connectivity index (χ3v) is 5.60. The number of carbonyl (C=O) groups excluding carboxylic acids is 1. The van der Waals surface area contributed by atoms with Gasteiger partial charge in [0.05, 0.1) is 11.5 Å². The van der Waals surface area contributed by atoms with Crippen LogP contribution in [0.1, 0.15) is 6.92 Å². The first-order chi connectivity index (χ1) is 13.0. The number of halogens is 1. The maximum atomic E-state index is 11.8. The van der Waals surface area contributed by atoms with Crippen molar-refractivity contribution in [1.29, 1.82) is 0 Å². The molecule has 0 bridgehead atoms. The molecule has 1 amide bonds. The van der Waals surface area contributed by atoms with Crippen LogP contribution in [0.5, 0.6) is 0 Å². The number of anilines is 2. The number of aromatic nitrogens is 2. The summed E-state index contributed by atoms with van der Waals surface area (Å²) in [6.45, 7) is 5.38. The number of rotatable bonds is 4. The van der Waals surface area contributed by atoms with Crippen LogP contribution in [0.15, 0.2) is 0 Å². The van der Waals surface area contributed by atoms with Crippen molar-refractivity contribution in [3.63, 3.8) is 0 Å². The molecule has 1 aromatic rings. The Kier molecular flexibility index (Phi) is 6.42. The Hall–Kier alpha value is -2.01. The molecule has 0 atom stereocenters. The number of hydrogen-bond acceptors (Lipinski definition) is 9. The zero-order valence-electron chi connectivity index (χ0n) is 15.0. The largest absolute Gasteiger partial charge is 0.450 e. The molecule has 0 unspecified atom stereocenters. The van der Waals surface area contributed by atoms with Crippen LogP contribution in [-0.4, -0.2) is 83.3 Å². The molecule has 0 spiro atoms. The highest BCUT2D eigenvalue weighted by molar-refractivity contribution is 7.99. The summed E-state index contributed by atoms with van der Waals surface area (Å²) in [4.78, 5) is 36.8. The van der Waals surface area contributed by atoms with Gasteiger partial charge in [0.15, 0.2) is 0 Å². The predicted molar refractivity (Wildman–Crippen MR) is 104 cm³/mol. The van der Waals surface area contributed by atoms with E-state index in [1.54, 1.807) is 23.6 Å². The molecule has 2 aliphatic heterocycles. The number of carbonyl (C=O) groups is 1. The molecule has 12 heteroatoms. The highest BCUT2D eigenvalue weighted by Gasteiger charge is 2.31. The minimum atomic E-state index is -0.526. The van der Waals surface area contributed by atoms with Crippen LogP contribution in [0.4, 0.5) is 22.2 Å². The van der Waals surface area contributed by atoms with Gasteiger partial charge in [-0.1, -0.05) is 11.6 Å². The van der Waals surface area contributed by atoms with Gasteiger partial charge in [-0.05, 0) is 6.92 Å². The van der Waals surface area contributed by atoms with E-state index in [0.717, 1.165) is 11.5 Å². The summed E-state index contributed by atoms with van der Waals surface area (Å²) in [5.41, 5.74) is -0.252. The Morgan fingerprint density at radius 1 is 1.19 bits per heavy atom. The summed E-state index contributed by atoms with van der Waals surface area (Å²) in [5, 5.41) is 11.3. The highest BCUT2D eigenvalue weighted by Crippen LogP contribution is 2.35. The zero-order chi connectivity index (χ0) is 19.4. The van der Waals surface area contributed by atoms with Crippen molar-refractivity contribution in [2.24, 2.45) is 0 Å². The Bertz CT molecular complexity index is 710. The Morgan fingerprint density at radius 2 is 1.85 bits per heavy atom. The van der Waals surface area contributed by atoms with Crippen molar-refractivity contribution in [3.05, 3.63) is 15.3 Å². The van der Waals surface area contributed by atoms with Gasteiger partial charge in [-0.3, -0.25) is 10.1 Å². The van der Waals surface area contributed by atoms with E-state index in [2.05, 4.69) is 9.97 Å². The molecule has 1 aromatic heterocycles. The highest BCUT2D eigenvalue weighted by atomic mass is 35.5. The molecule has 148 valence electrons. The lowest BCUT2D eigenvalue weighted by molar-refractivity contribution is -0.384. The van der Waals surface area contributed by atoms with Crippen molar-refractivity contribution >= 4 is 46.9 Å². The number of ether oxygens (including phenoxy) is 1. The summed E-state index contributed by atoms with van der Waals surface area (Å²) < 4.78 is 5.01. The van der Waals surface area contributed by atoms with Gasteiger partial charge in [-0.2, -0.15) is 21.7 Å². The van der Waals surface area contributed by atoms with Crippen molar-refractivity contribution in [3.8, 4) is 0 Å². The molecule has 0 radical (unpaired) electrons. The average molecular weight is 417 g/mol. The van der Waals surface area contributed by atoms with Crippen LogP contribution in [-0.2, 0) is 4.74 Å². The Labute approximate surface area is 166 Å². The van der Waals surface area contributed by atoms with Gasteiger partial charge in [-0.15, -0.1) is 0 Å². The monoisotopic (exact) mass is 416 g/mol. The number of piperazine rings is 1. The number of nitrogens with zero attached hydrogens (tertiary/aromatic N) is 6. The van der Waals surface area contributed by atoms with Gasteiger partial charge in [-0.25, -0.2) is 4.79 Å². The normalized spacial score (nSPS) is 17.8. The number of thioether (sulfide) groups is 1. The van der Waals surface area contributed by atoms with Crippen LogP contribution < -0.4 is 9.80 Å². The molecule has 3 heterocycles. The van der Waals surface area contributed by atoms with Crippen LogP contribution in [0.25, 0.3) is 0 Å². The molecule has 2 fully saturated rings. The van der Waals surface area contributed by atoms with Crippen molar-refractivity contribution < 1.29 is 14.5 Å². The number of nitro groups is 1. The van der Waals surface area contributed by atoms with E-state index < -0.39 is 4.92 Å². The molecule has 27 heavy (non-hydrogen) atoms. The maximum absolute atomic E-state index is 11.8. The fourth-order valence-corrected chi connectivity index (χ4v) is 4.14. The lowest BCUT2D eigenvalue weighted by Crippen LogP contribution is -2.49. The second-order valence-corrected chi connectivity index (χ2v) is 7.60. The number of amides is 1. The van der Waals surface area contributed by atoms with Crippen molar-refractivity contribution in [2.75, 3.05) is 67.2 Å². The fraction of sp³-hybridized carbons (Fsp3) is 0.667. The van der Waals surface area contributed by atoms with Crippen LogP contribution >= 0.6 is 23.4 Å². The lowest BCUT2D eigenvalue weighted by atomic mass is 10.3. The number of hydrogen-bond donors (Lipinski definition) is 0. The lowest BCUT2D eigenvalue weighted by Gasteiger charge is -2.34. The second kappa shape index (κ2) is 8.79. The van der Waals surface area contributed by atoms with E-state index in [1.165, 1.54) is 0 Å². The first kappa shape index (κ1) is 19.7. The molecule has 2 aliphatic rings. The van der Waals surface area contributed by atoms with Gasteiger partial charge in [0.2, 0.25) is 16.9 Å². The second-order valence-electron chi connectivity index (χ2n) is 6.02. The molecule has 0 saturated carbocycles. The molecule has 10 nitrogen and oxygen atoms in total. The van der Waals surface area contributed by atoms with Gasteiger partial charge in [0.25, 0.3) is 0 Å². The standard InChI is InChI=1S/C15H21ClN6O4S/c1-2-26-15(23)21-5-3-20(4-6-21)14-17-12(16)11(22(24)25)13(18-14)19-7-9-27-10-8-19/h2-10H2,1H3. The molecular formula is C15H21ClN6O4S. The van der Waals surface area contributed by atoms with E-state index in [0.29, 0.717) is 51.8 Å². The summed E-state index contributed by atoms with van der Waals surface area (Å²) in [6.07, 6.45) is -0.341. The van der Waals surface area contributed by atoms with Crippen molar-refractivity contribution in [2.45, 2.75) is 6.92 Å².